The SMILES string of the molecule is Cc1[nH]c2ccc(Cl)cc2c1CC(=O)N1CC[C@@H]2O[C@@H]3c4ccccc4O[C@](C)(CCCC(C)(C)Cl)[C@H]3C[C@H]2C1. The zero-order valence-corrected chi connectivity index (χ0v) is 25.4. The Hall–Kier alpha value is -2.21. The van der Waals surface area contributed by atoms with Crippen LogP contribution in [0.4, 0.5) is 0 Å². The van der Waals surface area contributed by atoms with Crippen molar-refractivity contribution in [2.75, 3.05) is 13.1 Å². The van der Waals surface area contributed by atoms with Gasteiger partial charge in [0.05, 0.1) is 18.6 Å². The van der Waals surface area contributed by atoms with Gasteiger partial charge in [0.1, 0.15) is 11.4 Å². The summed E-state index contributed by atoms with van der Waals surface area (Å²) in [4.78, 5) is 18.9. The topological polar surface area (TPSA) is 54.6 Å². The van der Waals surface area contributed by atoms with Gasteiger partial charge < -0.3 is 19.4 Å². The third kappa shape index (κ3) is 5.37. The molecule has 2 aromatic carbocycles. The quantitative estimate of drug-likeness (QED) is 0.299. The molecule has 214 valence electrons. The van der Waals surface area contributed by atoms with Gasteiger partial charge in [-0.25, -0.2) is 0 Å². The molecule has 0 bridgehead atoms. The average molecular weight is 584 g/mol. The molecule has 1 aromatic heterocycles. The van der Waals surface area contributed by atoms with Crippen LogP contribution in [-0.4, -0.2) is 45.5 Å². The monoisotopic (exact) mass is 582 g/mol. The van der Waals surface area contributed by atoms with Crippen LogP contribution in [0.15, 0.2) is 42.5 Å². The highest BCUT2D eigenvalue weighted by atomic mass is 35.5. The number of likely N-dealkylation sites (tertiary alicyclic amines) is 1. The van der Waals surface area contributed by atoms with Gasteiger partial charge in [-0.15, -0.1) is 11.6 Å². The average Bonchev–Trinajstić information content (AvgIpc) is 3.20. The van der Waals surface area contributed by atoms with Crippen molar-refractivity contribution in [2.45, 2.75) is 88.9 Å². The lowest BCUT2D eigenvalue weighted by molar-refractivity contribution is -0.193. The van der Waals surface area contributed by atoms with E-state index in [2.05, 4.69) is 48.9 Å². The van der Waals surface area contributed by atoms with Crippen molar-refractivity contribution in [2.24, 2.45) is 11.8 Å². The summed E-state index contributed by atoms with van der Waals surface area (Å²) in [6.07, 6.45) is 5.22. The number of aromatic nitrogens is 1. The molecule has 6 rings (SSSR count). The zero-order chi connectivity index (χ0) is 28.2. The van der Waals surface area contributed by atoms with Gasteiger partial charge in [-0.05, 0) is 89.6 Å². The van der Waals surface area contributed by atoms with Crippen molar-refractivity contribution in [1.82, 2.24) is 9.88 Å². The molecule has 3 aliphatic heterocycles. The molecule has 5 nitrogen and oxygen atoms in total. The Morgan fingerprint density at radius 3 is 2.83 bits per heavy atom. The number of aryl methyl sites for hydroxylation is 1. The molecule has 3 aromatic rings. The van der Waals surface area contributed by atoms with Crippen LogP contribution in [0.5, 0.6) is 5.75 Å². The summed E-state index contributed by atoms with van der Waals surface area (Å²) in [5, 5.41) is 1.72. The minimum atomic E-state index is -0.348. The predicted molar refractivity (Wildman–Crippen MR) is 161 cm³/mol. The lowest BCUT2D eigenvalue weighted by Gasteiger charge is -2.54. The van der Waals surface area contributed by atoms with Gasteiger partial charge in [-0.1, -0.05) is 29.8 Å². The van der Waals surface area contributed by atoms with Crippen LogP contribution in [0.25, 0.3) is 10.9 Å². The van der Waals surface area contributed by atoms with Crippen LogP contribution in [-0.2, 0) is 16.0 Å². The van der Waals surface area contributed by atoms with E-state index in [1.807, 2.05) is 31.2 Å². The molecule has 5 atom stereocenters. The van der Waals surface area contributed by atoms with Crippen molar-refractivity contribution in [1.29, 1.82) is 0 Å². The fraction of sp³-hybridized carbons (Fsp3) is 0.545. The van der Waals surface area contributed by atoms with Crippen LogP contribution in [0.2, 0.25) is 5.02 Å². The summed E-state index contributed by atoms with van der Waals surface area (Å²) < 4.78 is 13.7. The van der Waals surface area contributed by atoms with E-state index in [0.29, 0.717) is 11.4 Å². The number of alkyl halides is 1. The molecule has 0 unspecified atom stereocenters. The molecule has 40 heavy (non-hydrogen) atoms. The van der Waals surface area contributed by atoms with Gasteiger partial charge in [0, 0.05) is 57.0 Å². The Bertz CT molecular complexity index is 1410. The number of ether oxygens (including phenoxy) is 2. The predicted octanol–water partition coefficient (Wildman–Crippen LogP) is 8.01. The standard InChI is InChI=1S/C33H40Cl2N2O3/c1-20-24(25-17-22(34)10-11-27(25)36-20)18-30(38)37-15-12-28-21(19-37)16-26-31(39-28)23-8-5-6-9-29(23)40-33(26,4)14-7-13-32(2,3)35/h5-6,8-11,17,21,26,28,31,36H,7,12-16,18-19H2,1-4H3/t21-,26-,28-,31+,33+/m0/s1. The Balaban J connectivity index is 1.20. The summed E-state index contributed by atoms with van der Waals surface area (Å²) in [5.41, 5.74) is 3.89. The Kier molecular flexibility index (Phi) is 7.38. The van der Waals surface area contributed by atoms with Crippen LogP contribution in [0.1, 0.15) is 75.8 Å². The first kappa shape index (κ1) is 27.9. The fourth-order valence-corrected chi connectivity index (χ4v) is 7.62. The molecular weight excluding hydrogens is 543 g/mol. The van der Waals surface area contributed by atoms with Gasteiger partial charge in [-0.2, -0.15) is 0 Å². The minimum absolute atomic E-state index is 0.0149. The van der Waals surface area contributed by atoms with E-state index < -0.39 is 0 Å². The van der Waals surface area contributed by atoms with Crippen molar-refractivity contribution in [3.63, 3.8) is 0 Å². The molecule has 4 heterocycles. The number of nitrogens with zero attached hydrogens (tertiary/aromatic N) is 1. The maximum atomic E-state index is 13.6. The Morgan fingerprint density at radius 1 is 1.23 bits per heavy atom. The third-order valence-corrected chi connectivity index (χ3v) is 9.89. The molecule has 2 saturated heterocycles. The summed E-state index contributed by atoms with van der Waals surface area (Å²) in [5.74, 6) is 1.61. The van der Waals surface area contributed by atoms with Crippen molar-refractivity contribution in [3.8, 4) is 5.75 Å². The molecular formula is C33H40Cl2N2O3. The van der Waals surface area contributed by atoms with Crippen LogP contribution in [0, 0.1) is 18.8 Å². The number of rotatable bonds is 6. The van der Waals surface area contributed by atoms with Crippen molar-refractivity contribution < 1.29 is 14.3 Å². The summed E-state index contributed by atoms with van der Waals surface area (Å²) >= 11 is 12.8. The second kappa shape index (κ2) is 10.6. The minimum Gasteiger partial charge on any atom is -0.487 e. The molecule has 0 aliphatic carbocycles. The van der Waals surface area contributed by atoms with Gasteiger partial charge >= 0.3 is 0 Å². The van der Waals surface area contributed by atoms with Crippen LogP contribution < -0.4 is 4.74 Å². The largest absolute Gasteiger partial charge is 0.487 e. The number of halogens is 2. The number of hydrogen-bond donors (Lipinski definition) is 1. The Morgan fingerprint density at radius 2 is 2.02 bits per heavy atom. The van der Waals surface area contributed by atoms with E-state index in [4.69, 9.17) is 32.7 Å². The highest BCUT2D eigenvalue weighted by Gasteiger charge is 2.53. The molecule has 2 fully saturated rings. The van der Waals surface area contributed by atoms with Crippen molar-refractivity contribution >= 4 is 40.0 Å². The molecule has 7 heteroatoms. The number of aromatic amines is 1. The summed E-state index contributed by atoms with van der Waals surface area (Å²) in [6.45, 7) is 9.88. The maximum absolute atomic E-state index is 13.6. The van der Waals surface area contributed by atoms with Gasteiger partial charge in [0.15, 0.2) is 0 Å². The highest BCUT2D eigenvalue weighted by molar-refractivity contribution is 6.31. The number of carbonyl (C=O) groups excluding carboxylic acids is 1. The molecule has 1 amide bonds. The first-order valence-corrected chi connectivity index (χ1v) is 15.4. The molecule has 0 saturated carbocycles. The lowest BCUT2D eigenvalue weighted by Crippen LogP contribution is -2.57. The van der Waals surface area contributed by atoms with Gasteiger partial charge in [0.25, 0.3) is 0 Å². The van der Waals surface area contributed by atoms with E-state index >= 15 is 0 Å². The van der Waals surface area contributed by atoms with E-state index in [1.165, 1.54) is 0 Å². The van der Waals surface area contributed by atoms with E-state index in [9.17, 15) is 4.79 Å². The Labute approximate surface area is 247 Å². The van der Waals surface area contributed by atoms with E-state index in [1.54, 1.807) is 0 Å². The second-order valence-corrected chi connectivity index (χ2v) is 14.4. The van der Waals surface area contributed by atoms with Crippen molar-refractivity contribution in [3.05, 3.63) is 64.3 Å². The summed E-state index contributed by atoms with van der Waals surface area (Å²) in [6, 6.07) is 14.2. The summed E-state index contributed by atoms with van der Waals surface area (Å²) in [7, 11) is 0. The van der Waals surface area contributed by atoms with E-state index in [-0.39, 0.29) is 40.4 Å². The molecule has 1 N–H and O–H groups in total. The van der Waals surface area contributed by atoms with Crippen LogP contribution in [0.3, 0.4) is 0 Å². The first-order chi connectivity index (χ1) is 19.0. The lowest BCUT2D eigenvalue weighted by atomic mass is 9.68. The first-order valence-electron chi connectivity index (χ1n) is 14.7. The number of nitrogens with one attached hydrogen (secondary N) is 1. The van der Waals surface area contributed by atoms with E-state index in [0.717, 1.165) is 78.7 Å². The smallest absolute Gasteiger partial charge is 0.227 e. The maximum Gasteiger partial charge on any atom is 0.227 e. The zero-order valence-electron chi connectivity index (χ0n) is 23.9. The van der Waals surface area contributed by atoms with Crippen LogP contribution >= 0.6 is 23.2 Å². The van der Waals surface area contributed by atoms with Gasteiger partial charge in [0.2, 0.25) is 5.91 Å². The second-order valence-electron chi connectivity index (χ2n) is 12.9. The number of H-pyrrole nitrogens is 1. The molecule has 0 radical (unpaired) electrons. The number of benzene rings is 2. The third-order valence-electron chi connectivity index (χ3n) is 9.47. The number of para-hydroxylation sites is 1. The molecule has 0 spiro atoms. The van der Waals surface area contributed by atoms with Gasteiger partial charge in [-0.3, -0.25) is 4.79 Å². The fourth-order valence-electron chi connectivity index (χ4n) is 7.31. The number of amides is 1. The highest BCUT2D eigenvalue weighted by Crippen LogP contribution is 2.54. The number of hydrogen-bond acceptors (Lipinski definition) is 3. The number of carbonyl (C=O) groups is 1. The molecule has 3 aliphatic rings. The number of fused-ring (bicyclic) bond motifs is 5. The normalized spacial score (nSPS) is 28.0. The number of piperidine rings is 1.